The van der Waals surface area contributed by atoms with E-state index in [4.69, 9.17) is 9.72 Å². The molecule has 0 radical (unpaired) electrons. The molecule has 4 heteroatoms. The zero-order valence-electron chi connectivity index (χ0n) is 15.7. The molecule has 1 aromatic carbocycles. The molecular formula is C23H25N3O. The Kier molecular flexibility index (Phi) is 5.45. The van der Waals surface area contributed by atoms with Crippen molar-refractivity contribution in [1.29, 1.82) is 0 Å². The second-order valence-electron chi connectivity index (χ2n) is 7.03. The Labute approximate surface area is 160 Å². The summed E-state index contributed by atoms with van der Waals surface area (Å²) in [6.07, 6.45) is 6.94. The molecule has 0 spiro atoms. The Morgan fingerprint density at radius 1 is 1.07 bits per heavy atom. The van der Waals surface area contributed by atoms with Crippen LogP contribution in [-0.2, 0) is 13.0 Å². The van der Waals surface area contributed by atoms with Gasteiger partial charge in [-0.1, -0.05) is 30.3 Å². The van der Waals surface area contributed by atoms with Crippen LogP contribution >= 0.6 is 0 Å². The van der Waals surface area contributed by atoms with Crippen molar-refractivity contribution >= 4 is 0 Å². The Bertz CT molecular complexity index is 882. The summed E-state index contributed by atoms with van der Waals surface area (Å²) in [6.45, 7) is 2.04. The molecule has 1 atom stereocenters. The van der Waals surface area contributed by atoms with E-state index in [9.17, 15) is 0 Å². The number of hydrogen-bond acceptors (Lipinski definition) is 4. The SMILES string of the molecule is COc1ccccc1Cc1cccc(C2CCCN2Cc2cccnc2)n1. The third-order valence-electron chi connectivity index (χ3n) is 5.21. The summed E-state index contributed by atoms with van der Waals surface area (Å²) in [5, 5.41) is 0. The Balaban J connectivity index is 1.53. The van der Waals surface area contributed by atoms with Crippen LogP contribution < -0.4 is 4.74 Å². The van der Waals surface area contributed by atoms with E-state index in [1.54, 1.807) is 7.11 Å². The summed E-state index contributed by atoms with van der Waals surface area (Å²) >= 11 is 0. The smallest absolute Gasteiger partial charge is 0.122 e. The number of para-hydroxylation sites is 1. The molecular weight excluding hydrogens is 334 g/mol. The summed E-state index contributed by atoms with van der Waals surface area (Å²) in [5.74, 6) is 0.920. The largest absolute Gasteiger partial charge is 0.496 e. The highest BCUT2D eigenvalue weighted by Gasteiger charge is 2.27. The highest BCUT2D eigenvalue weighted by Crippen LogP contribution is 2.32. The average molecular weight is 359 g/mol. The summed E-state index contributed by atoms with van der Waals surface area (Å²) < 4.78 is 5.49. The second kappa shape index (κ2) is 8.31. The van der Waals surface area contributed by atoms with Gasteiger partial charge in [0.15, 0.2) is 0 Å². The zero-order valence-corrected chi connectivity index (χ0v) is 15.7. The van der Waals surface area contributed by atoms with Crippen LogP contribution in [0.15, 0.2) is 67.0 Å². The predicted molar refractivity (Wildman–Crippen MR) is 107 cm³/mol. The molecule has 1 saturated heterocycles. The Morgan fingerprint density at radius 3 is 2.85 bits per heavy atom. The van der Waals surface area contributed by atoms with E-state index in [0.29, 0.717) is 6.04 Å². The number of pyridine rings is 2. The van der Waals surface area contributed by atoms with Crippen LogP contribution in [0.3, 0.4) is 0 Å². The highest BCUT2D eigenvalue weighted by atomic mass is 16.5. The van der Waals surface area contributed by atoms with Crippen LogP contribution in [0, 0.1) is 0 Å². The normalized spacial score (nSPS) is 17.1. The van der Waals surface area contributed by atoms with Gasteiger partial charge in [-0.25, -0.2) is 0 Å². The van der Waals surface area contributed by atoms with Crippen molar-refractivity contribution in [1.82, 2.24) is 14.9 Å². The van der Waals surface area contributed by atoms with Crippen LogP contribution in [0.25, 0.3) is 0 Å². The molecule has 138 valence electrons. The summed E-state index contributed by atoms with van der Waals surface area (Å²) in [6, 6.07) is 19.1. The number of ether oxygens (including phenoxy) is 1. The van der Waals surface area contributed by atoms with Gasteiger partial charge in [0.2, 0.25) is 0 Å². The number of methoxy groups -OCH3 is 1. The average Bonchev–Trinajstić information content (AvgIpc) is 3.17. The molecule has 27 heavy (non-hydrogen) atoms. The first-order valence-corrected chi connectivity index (χ1v) is 9.54. The van der Waals surface area contributed by atoms with Gasteiger partial charge in [-0.2, -0.15) is 0 Å². The zero-order chi connectivity index (χ0) is 18.5. The van der Waals surface area contributed by atoms with Crippen LogP contribution in [-0.4, -0.2) is 28.5 Å². The van der Waals surface area contributed by atoms with Gasteiger partial charge in [-0.3, -0.25) is 14.9 Å². The maximum atomic E-state index is 5.49. The molecule has 0 amide bonds. The highest BCUT2D eigenvalue weighted by molar-refractivity contribution is 5.36. The minimum absolute atomic E-state index is 0.378. The molecule has 2 aromatic heterocycles. The summed E-state index contributed by atoms with van der Waals surface area (Å²) in [4.78, 5) is 11.8. The fourth-order valence-corrected chi connectivity index (χ4v) is 3.90. The van der Waals surface area contributed by atoms with Gasteiger partial charge in [0.05, 0.1) is 18.8 Å². The van der Waals surface area contributed by atoms with Gasteiger partial charge >= 0.3 is 0 Å². The number of nitrogens with zero attached hydrogens (tertiary/aromatic N) is 3. The van der Waals surface area contributed by atoms with Crippen molar-refractivity contribution in [2.24, 2.45) is 0 Å². The molecule has 0 bridgehead atoms. The number of rotatable bonds is 6. The summed E-state index contributed by atoms with van der Waals surface area (Å²) in [5.41, 5.74) is 4.69. The number of hydrogen-bond donors (Lipinski definition) is 0. The van der Waals surface area contributed by atoms with Gasteiger partial charge in [-0.05, 0) is 49.2 Å². The van der Waals surface area contributed by atoms with Gasteiger partial charge in [0.1, 0.15) is 5.75 Å². The lowest BCUT2D eigenvalue weighted by Gasteiger charge is -2.24. The quantitative estimate of drug-likeness (QED) is 0.653. The maximum absolute atomic E-state index is 5.49. The van der Waals surface area contributed by atoms with Crippen molar-refractivity contribution in [2.75, 3.05) is 13.7 Å². The van der Waals surface area contributed by atoms with Crippen LogP contribution in [0.5, 0.6) is 5.75 Å². The van der Waals surface area contributed by atoms with Gasteiger partial charge in [0, 0.05) is 36.6 Å². The van der Waals surface area contributed by atoms with Crippen LogP contribution in [0.4, 0.5) is 0 Å². The molecule has 4 rings (SSSR count). The van der Waals surface area contributed by atoms with Crippen molar-refractivity contribution in [3.8, 4) is 5.75 Å². The Hall–Kier alpha value is -2.72. The van der Waals surface area contributed by atoms with Crippen molar-refractivity contribution in [2.45, 2.75) is 31.8 Å². The lowest BCUT2D eigenvalue weighted by atomic mass is 10.1. The minimum Gasteiger partial charge on any atom is -0.496 e. The van der Waals surface area contributed by atoms with E-state index < -0.39 is 0 Å². The molecule has 4 nitrogen and oxygen atoms in total. The number of benzene rings is 1. The van der Waals surface area contributed by atoms with E-state index in [0.717, 1.165) is 37.4 Å². The Morgan fingerprint density at radius 2 is 2.00 bits per heavy atom. The first-order valence-electron chi connectivity index (χ1n) is 9.54. The molecule has 3 aromatic rings. The molecule has 1 aliphatic heterocycles. The van der Waals surface area contributed by atoms with Crippen LogP contribution in [0.1, 0.15) is 41.4 Å². The molecule has 1 unspecified atom stereocenters. The first kappa shape index (κ1) is 17.7. The maximum Gasteiger partial charge on any atom is 0.122 e. The molecule has 1 fully saturated rings. The minimum atomic E-state index is 0.378. The molecule has 1 aliphatic rings. The molecule has 0 saturated carbocycles. The van der Waals surface area contributed by atoms with Crippen molar-refractivity contribution in [3.63, 3.8) is 0 Å². The lowest BCUT2D eigenvalue weighted by molar-refractivity contribution is 0.244. The van der Waals surface area contributed by atoms with Crippen LogP contribution in [0.2, 0.25) is 0 Å². The molecule has 0 N–H and O–H groups in total. The lowest BCUT2D eigenvalue weighted by Crippen LogP contribution is -2.23. The van der Waals surface area contributed by atoms with E-state index in [1.807, 2.05) is 36.7 Å². The van der Waals surface area contributed by atoms with Gasteiger partial charge in [0.25, 0.3) is 0 Å². The monoisotopic (exact) mass is 359 g/mol. The fraction of sp³-hybridized carbons (Fsp3) is 0.304. The van der Waals surface area contributed by atoms with Crippen molar-refractivity contribution < 1.29 is 4.74 Å². The first-order chi connectivity index (χ1) is 13.3. The molecule has 0 aliphatic carbocycles. The second-order valence-corrected chi connectivity index (χ2v) is 7.03. The topological polar surface area (TPSA) is 38.2 Å². The summed E-state index contributed by atoms with van der Waals surface area (Å²) in [7, 11) is 1.72. The predicted octanol–water partition coefficient (Wildman–Crippen LogP) is 4.41. The molecule has 3 heterocycles. The number of likely N-dealkylation sites (tertiary alicyclic amines) is 1. The van der Waals surface area contributed by atoms with E-state index >= 15 is 0 Å². The third kappa shape index (κ3) is 4.17. The standard InChI is InChI=1S/C23H25N3O/c1-27-23-12-3-2-8-19(23)15-20-9-4-10-21(25-20)22-11-6-14-26(22)17-18-7-5-13-24-16-18/h2-5,7-10,12-13,16,22H,6,11,14-15,17H2,1H3. The third-order valence-corrected chi connectivity index (χ3v) is 5.21. The van der Waals surface area contributed by atoms with E-state index in [2.05, 4.69) is 40.2 Å². The van der Waals surface area contributed by atoms with E-state index in [-0.39, 0.29) is 0 Å². The van der Waals surface area contributed by atoms with Crippen molar-refractivity contribution in [3.05, 3.63) is 89.5 Å². The van der Waals surface area contributed by atoms with Gasteiger partial charge in [-0.15, -0.1) is 0 Å². The van der Waals surface area contributed by atoms with Gasteiger partial charge < -0.3 is 4.74 Å². The fourth-order valence-electron chi connectivity index (χ4n) is 3.90. The number of aromatic nitrogens is 2. The van der Waals surface area contributed by atoms with E-state index in [1.165, 1.54) is 23.2 Å².